The molecule has 1 saturated heterocycles. The number of rotatable bonds is 6. The molecule has 0 aliphatic carbocycles. The number of nitrogens with two attached hydrogens (primary N) is 1. The van der Waals surface area contributed by atoms with Crippen molar-refractivity contribution in [1.82, 2.24) is 19.9 Å². The number of thioether (sulfide) groups is 1. The predicted octanol–water partition coefficient (Wildman–Crippen LogP) is 3.66. The minimum absolute atomic E-state index is 0.00842. The van der Waals surface area contributed by atoms with Crippen molar-refractivity contribution in [3.05, 3.63) is 98.8 Å². The highest BCUT2D eigenvalue weighted by Crippen LogP contribution is 2.27. The Hall–Kier alpha value is -4.84. The number of aromatic nitrogens is 3. The van der Waals surface area contributed by atoms with Crippen molar-refractivity contribution in [1.29, 1.82) is 5.41 Å². The van der Waals surface area contributed by atoms with Crippen LogP contribution in [-0.4, -0.2) is 31.4 Å². The zero-order valence-electron chi connectivity index (χ0n) is 19.9. The van der Waals surface area contributed by atoms with Crippen LogP contribution in [0.25, 0.3) is 16.5 Å². The number of nitrogens with one attached hydrogen (secondary N) is 3. The van der Waals surface area contributed by atoms with E-state index in [1.165, 1.54) is 29.1 Å². The largest absolute Gasteiger partial charge is 0.383 e. The van der Waals surface area contributed by atoms with Crippen LogP contribution in [0.5, 0.6) is 0 Å². The van der Waals surface area contributed by atoms with Crippen LogP contribution >= 0.6 is 11.8 Å². The first-order chi connectivity index (χ1) is 18.2. The molecule has 3 heterocycles. The van der Waals surface area contributed by atoms with Crippen LogP contribution in [0.2, 0.25) is 0 Å². The Morgan fingerprint density at radius 3 is 2.71 bits per heavy atom. The lowest BCUT2D eigenvalue weighted by Crippen LogP contribution is -2.25. The van der Waals surface area contributed by atoms with E-state index in [0.29, 0.717) is 28.2 Å². The number of fused-ring (bicyclic) bond motifs is 1. The molecule has 12 heteroatoms. The molecule has 2 aromatic carbocycles. The van der Waals surface area contributed by atoms with Crippen molar-refractivity contribution in [2.75, 3.05) is 11.1 Å². The summed E-state index contributed by atoms with van der Waals surface area (Å²) in [5.41, 5.74) is 6.85. The number of hydrogen-bond acceptors (Lipinski definition) is 9. The highest BCUT2D eigenvalue weighted by atomic mass is 32.2. The van der Waals surface area contributed by atoms with Crippen LogP contribution in [0.15, 0.2) is 70.6 Å². The fourth-order valence-electron chi connectivity index (χ4n) is 4.21. The lowest BCUT2D eigenvalue weighted by molar-refractivity contribution is -0.115. The maximum atomic E-state index is 14.9. The third-order valence-electron chi connectivity index (χ3n) is 5.93. The van der Waals surface area contributed by atoms with E-state index >= 15 is 0 Å². The molecule has 1 aliphatic heterocycles. The number of halogens is 1. The maximum absolute atomic E-state index is 14.9. The third kappa shape index (κ3) is 4.52. The number of pyridine rings is 1. The van der Waals surface area contributed by atoms with E-state index in [4.69, 9.17) is 11.1 Å². The zero-order valence-corrected chi connectivity index (χ0v) is 20.7. The number of hydrogen-bond donors (Lipinski definition) is 4. The van der Waals surface area contributed by atoms with E-state index in [0.717, 1.165) is 5.56 Å². The molecule has 0 saturated carbocycles. The number of nitrogen functional groups attached to an aromatic ring is 1. The van der Waals surface area contributed by atoms with Gasteiger partial charge >= 0.3 is 0 Å². The average Bonchev–Trinajstić information content (AvgIpc) is 3.19. The van der Waals surface area contributed by atoms with Gasteiger partial charge < -0.3 is 11.1 Å². The van der Waals surface area contributed by atoms with Crippen molar-refractivity contribution >= 4 is 51.0 Å². The molecule has 5 rings (SSSR count). The Bertz CT molecular complexity index is 1750. The van der Waals surface area contributed by atoms with Crippen molar-refractivity contribution in [3.8, 4) is 5.69 Å². The zero-order chi connectivity index (χ0) is 27.0. The topological polar surface area (TPSA) is 156 Å². The average molecular weight is 530 g/mol. The number of imide groups is 1. The molecule has 0 unspecified atom stereocenters. The quantitative estimate of drug-likeness (QED) is 0.218. The van der Waals surface area contributed by atoms with E-state index in [1.54, 1.807) is 24.3 Å². The van der Waals surface area contributed by atoms with Crippen molar-refractivity contribution in [2.45, 2.75) is 13.5 Å². The number of anilines is 2. The van der Waals surface area contributed by atoms with Gasteiger partial charge in [0.05, 0.1) is 33.8 Å². The number of nitrogens with zero attached hydrogens (tertiary/aromatic N) is 3. The molecule has 0 radical (unpaired) electrons. The van der Waals surface area contributed by atoms with Gasteiger partial charge in [0.15, 0.2) is 0 Å². The van der Waals surface area contributed by atoms with Gasteiger partial charge in [0.2, 0.25) is 0 Å². The molecule has 10 nitrogen and oxygen atoms in total. The molecule has 5 N–H and O–H groups in total. The molecule has 38 heavy (non-hydrogen) atoms. The summed E-state index contributed by atoms with van der Waals surface area (Å²) in [6.07, 6.45) is 2.41. The molecule has 4 aromatic rings. The van der Waals surface area contributed by atoms with Crippen LogP contribution in [0.4, 0.5) is 20.8 Å². The third-order valence-corrected chi connectivity index (χ3v) is 6.74. The summed E-state index contributed by atoms with van der Waals surface area (Å²) < 4.78 is 16.2. The van der Waals surface area contributed by atoms with Crippen LogP contribution in [0.1, 0.15) is 16.8 Å². The molecular weight excluding hydrogens is 509 g/mol. The van der Waals surface area contributed by atoms with E-state index in [-0.39, 0.29) is 45.6 Å². The van der Waals surface area contributed by atoms with Gasteiger partial charge in [0.25, 0.3) is 16.7 Å². The van der Waals surface area contributed by atoms with Crippen LogP contribution in [0.3, 0.4) is 0 Å². The second-order valence-corrected chi connectivity index (χ2v) is 9.38. The van der Waals surface area contributed by atoms with Gasteiger partial charge in [-0.25, -0.2) is 14.4 Å². The van der Waals surface area contributed by atoms with Gasteiger partial charge in [0.1, 0.15) is 23.8 Å². The fraction of sp³-hybridized carbons (Fsp3) is 0.0769. The van der Waals surface area contributed by atoms with Crippen molar-refractivity contribution in [3.63, 3.8) is 0 Å². The first-order valence-corrected chi connectivity index (χ1v) is 12.1. The molecule has 1 fully saturated rings. The van der Waals surface area contributed by atoms with Crippen LogP contribution in [0, 0.1) is 18.2 Å². The van der Waals surface area contributed by atoms with E-state index < -0.39 is 17.0 Å². The second-order valence-electron chi connectivity index (χ2n) is 8.37. The summed E-state index contributed by atoms with van der Waals surface area (Å²) in [6, 6.07) is 13.2. The molecule has 2 amide bonds. The number of para-hydroxylation sites is 1. The van der Waals surface area contributed by atoms with Gasteiger partial charge in [-0.1, -0.05) is 30.3 Å². The van der Waals surface area contributed by atoms with Gasteiger partial charge in [-0.2, -0.15) is 0 Å². The van der Waals surface area contributed by atoms with Crippen molar-refractivity contribution in [2.24, 2.45) is 0 Å². The van der Waals surface area contributed by atoms with Gasteiger partial charge in [-0.3, -0.25) is 29.7 Å². The molecule has 0 spiro atoms. The number of carbonyl (C=O) groups is 2. The molecule has 0 atom stereocenters. The minimum Gasteiger partial charge on any atom is -0.383 e. The number of aryl methyl sites for hydroxylation is 1. The molecule has 190 valence electrons. The number of amides is 2. The Balaban J connectivity index is 1.58. The predicted molar refractivity (Wildman–Crippen MR) is 144 cm³/mol. The minimum atomic E-state index is -0.616. The van der Waals surface area contributed by atoms with Crippen LogP contribution in [-0.2, 0) is 11.3 Å². The second kappa shape index (κ2) is 9.90. The number of carbonyl (C=O) groups excluding carboxylic acids is 2. The van der Waals surface area contributed by atoms with E-state index in [1.807, 2.05) is 19.1 Å². The standard InChI is InChI=1S/C26H20FN7O3S/c1-13-5-4-6-14-9-15(34(25(36)20(13)14)18-8-3-2-7-16(18)27)11-30-23-21(22(29)31-12-32-23)17(28)10-19-24(35)33-26(37)38-19/h2-10,12,28H,11H2,1H3,(H,33,35,37)(H3,29,30,31,32)/b19-10+,28-17?. The molecule has 1 aliphatic rings. The lowest BCUT2D eigenvalue weighted by Gasteiger charge is -2.18. The summed E-state index contributed by atoms with van der Waals surface area (Å²) in [6.45, 7) is 1.83. The number of allylic oxidation sites excluding steroid dienone is 1. The Kier molecular flexibility index (Phi) is 6.47. The first-order valence-electron chi connectivity index (χ1n) is 11.3. The molecular formula is C26H20FN7O3S. The highest BCUT2D eigenvalue weighted by molar-refractivity contribution is 8.18. The summed E-state index contributed by atoms with van der Waals surface area (Å²) in [7, 11) is 0. The van der Waals surface area contributed by atoms with Gasteiger partial charge in [-0.15, -0.1) is 0 Å². The summed E-state index contributed by atoms with van der Waals surface area (Å²) >= 11 is 0.668. The maximum Gasteiger partial charge on any atom is 0.290 e. The van der Waals surface area contributed by atoms with E-state index in [2.05, 4.69) is 20.6 Å². The Labute approximate surface area is 219 Å². The fourth-order valence-corrected chi connectivity index (χ4v) is 4.88. The molecule has 2 aromatic heterocycles. The number of benzene rings is 2. The Morgan fingerprint density at radius 1 is 1.18 bits per heavy atom. The smallest absolute Gasteiger partial charge is 0.290 e. The summed E-state index contributed by atoms with van der Waals surface area (Å²) in [5.74, 6) is -1.05. The van der Waals surface area contributed by atoms with Crippen molar-refractivity contribution < 1.29 is 14.0 Å². The normalized spacial score (nSPS) is 14.2. The highest BCUT2D eigenvalue weighted by Gasteiger charge is 2.26. The van der Waals surface area contributed by atoms with Gasteiger partial charge in [-0.05, 0) is 53.9 Å². The SMILES string of the molecule is Cc1cccc2cc(CNc3ncnc(N)c3C(=N)/C=C3/SC(=O)NC3=O)n(-c3ccccc3F)c(=O)c12. The lowest BCUT2D eigenvalue weighted by atomic mass is 10.1. The monoisotopic (exact) mass is 529 g/mol. The summed E-state index contributed by atoms with van der Waals surface area (Å²) in [4.78, 5) is 45.2. The summed E-state index contributed by atoms with van der Waals surface area (Å²) in [5, 5.41) is 14.3. The van der Waals surface area contributed by atoms with E-state index in [9.17, 15) is 18.8 Å². The first kappa shape index (κ1) is 24.8. The van der Waals surface area contributed by atoms with Gasteiger partial charge in [0, 0.05) is 5.69 Å². The Morgan fingerprint density at radius 2 is 1.97 bits per heavy atom. The molecule has 0 bridgehead atoms. The van der Waals surface area contributed by atoms with Crippen LogP contribution < -0.4 is 21.9 Å².